The predicted octanol–water partition coefficient (Wildman–Crippen LogP) is 2.21. The molecule has 0 amide bonds. The Kier molecular flexibility index (Phi) is 2.62. The topological polar surface area (TPSA) is 77.6 Å². The van der Waals surface area contributed by atoms with Crippen molar-refractivity contribution in [2.45, 2.75) is 9.37 Å². The molecule has 0 aliphatic carbocycles. The molecular formula is C10H7N5S2. The fourth-order valence-electron chi connectivity index (χ4n) is 1.42. The van der Waals surface area contributed by atoms with E-state index in [-0.39, 0.29) is 0 Å². The van der Waals surface area contributed by atoms with Crippen molar-refractivity contribution in [2.24, 2.45) is 0 Å². The summed E-state index contributed by atoms with van der Waals surface area (Å²) in [6.07, 6.45) is 1.54. The standard InChI is InChI=1S/C10H7N5S2/c11-6-1-2-8-7(3-6)9(13-4-12-8)17-10-15-14-5-16-10/h1-5H,11H2. The first-order valence-corrected chi connectivity index (χ1v) is 6.47. The fraction of sp³-hybridized carbons (Fsp3) is 0. The number of fused-ring (bicyclic) bond motifs is 1. The summed E-state index contributed by atoms with van der Waals surface area (Å²) in [5.74, 6) is 0. The van der Waals surface area contributed by atoms with Gasteiger partial charge in [-0.3, -0.25) is 0 Å². The Bertz CT molecular complexity index is 653. The Morgan fingerprint density at radius 2 is 2.18 bits per heavy atom. The molecule has 0 fully saturated rings. The van der Waals surface area contributed by atoms with Crippen molar-refractivity contribution in [1.82, 2.24) is 20.2 Å². The first kappa shape index (κ1) is 10.4. The zero-order chi connectivity index (χ0) is 11.7. The molecule has 2 N–H and O–H groups in total. The van der Waals surface area contributed by atoms with E-state index in [1.165, 1.54) is 23.1 Å². The van der Waals surface area contributed by atoms with Gasteiger partial charge in [0.2, 0.25) is 0 Å². The molecule has 0 spiro atoms. The summed E-state index contributed by atoms with van der Waals surface area (Å²) in [6.45, 7) is 0. The smallest absolute Gasteiger partial charge is 0.180 e. The van der Waals surface area contributed by atoms with E-state index in [0.29, 0.717) is 5.69 Å². The van der Waals surface area contributed by atoms with Crippen LogP contribution in [0.4, 0.5) is 5.69 Å². The quantitative estimate of drug-likeness (QED) is 0.563. The Hall–Kier alpha value is -1.73. The van der Waals surface area contributed by atoms with Crippen LogP contribution < -0.4 is 5.73 Å². The number of nitrogens with zero attached hydrogens (tertiary/aromatic N) is 4. The Balaban J connectivity index is 2.12. The van der Waals surface area contributed by atoms with Crippen LogP contribution in [-0.2, 0) is 0 Å². The number of nitrogen functional groups attached to an aromatic ring is 1. The third-order valence-electron chi connectivity index (χ3n) is 2.15. The second-order valence-corrected chi connectivity index (χ2v) is 5.33. The zero-order valence-corrected chi connectivity index (χ0v) is 10.2. The molecule has 0 aliphatic heterocycles. The molecule has 0 atom stereocenters. The summed E-state index contributed by atoms with van der Waals surface area (Å²) in [6, 6.07) is 5.59. The molecule has 0 saturated carbocycles. The van der Waals surface area contributed by atoms with Crippen molar-refractivity contribution in [3.63, 3.8) is 0 Å². The Morgan fingerprint density at radius 1 is 1.24 bits per heavy atom. The van der Waals surface area contributed by atoms with Gasteiger partial charge in [-0.1, -0.05) is 11.3 Å². The predicted molar refractivity (Wildman–Crippen MR) is 68.0 cm³/mol. The molecule has 17 heavy (non-hydrogen) atoms. The average Bonchev–Trinajstić information content (AvgIpc) is 2.83. The maximum Gasteiger partial charge on any atom is 0.180 e. The van der Waals surface area contributed by atoms with Gasteiger partial charge in [0.05, 0.1) is 5.52 Å². The molecule has 84 valence electrons. The van der Waals surface area contributed by atoms with Crippen LogP contribution in [0.25, 0.3) is 10.9 Å². The van der Waals surface area contributed by atoms with Crippen LogP contribution in [0.1, 0.15) is 0 Å². The number of hydrogen-bond acceptors (Lipinski definition) is 7. The van der Waals surface area contributed by atoms with E-state index in [9.17, 15) is 0 Å². The summed E-state index contributed by atoms with van der Waals surface area (Å²) < 4.78 is 0.854. The van der Waals surface area contributed by atoms with Crippen molar-refractivity contribution in [2.75, 3.05) is 5.73 Å². The Morgan fingerprint density at radius 3 is 3.00 bits per heavy atom. The number of rotatable bonds is 2. The third-order valence-corrected chi connectivity index (χ3v) is 3.94. The SMILES string of the molecule is Nc1ccc2ncnc(Sc3nncs3)c2c1. The van der Waals surface area contributed by atoms with E-state index >= 15 is 0 Å². The molecule has 2 aromatic heterocycles. The first-order valence-electron chi connectivity index (χ1n) is 4.77. The normalized spacial score (nSPS) is 10.8. The lowest BCUT2D eigenvalue weighted by Gasteiger charge is -2.03. The lowest BCUT2D eigenvalue weighted by atomic mass is 10.2. The maximum absolute atomic E-state index is 5.78. The van der Waals surface area contributed by atoms with E-state index in [4.69, 9.17) is 5.73 Å². The minimum Gasteiger partial charge on any atom is -0.399 e. The highest BCUT2D eigenvalue weighted by molar-refractivity contribution is 8.01. The van der Waals surface area contributed by atoms with Gasteiger partial charge in [0.1, 0.15) is 16.9 Å². The van der Waals surface area contributed by atoms with Gasteiger partial charge in [0, 0.05) is 11.1 Å². The summed E-state index contributed by atoms with van der Waals surface area (Å²) in [5.41, 5.74) is 9.05. The molecule has 0 radical (unpaired) electrons. The molecular weight excluding hydrogens is 254 g/mol. The molecule has 0 saturated heterocycles. The monoisotopic (exact) mass is 261 g/mol. The summed E-state index contributed by atoms with van der Waals surface area (Å²) in [5, 5.41) is 9.56. The van der Waals surface area contributed by atoms with Crippen LogP contribution in [0.15, 0.2) is 39.4 Å². The van der Waals surface area contributed by atoms with E-state index in [1.54, 1.807) is 11.8 Å². The second-order valence-electron chi connectivity index (χ2n) is 3.26. The van der Waals surface area contributed by atoms with Crippen LogP contribution in [0.2, 0.25) is 0 Å². The molecule has 1 aromatic carbocycles. The molecule has 7 heteroatoms. The first-order chi connectivity index (χ1) is 8.33. The Labute approximate surface area is 105 Å². The number of hydrogen-bond donors (Lipinski definition) is 1. The second kappa shape index (κ2) is 4.27. The van der Waals surface area contributed by atoms with Crippen LogP contribution in [0.3, 0.4) is 0 Å². The third kappa shape index (κ3) is 2.06. The van der Waals surface area contributed by atoms with Crippen molar-refractivity contribution in [3.05, 3.63) is 30.0 Å². The van der Waals surface area contributed by atoms with Crippen LogP contribution >= 0.6 is 23.1 Å². The number of aromatic nitrogens is 4. The van der Waals surface area contributed by atoms with Gasteiger partial charge >= 0.3 is 0 Å². The lowest BCUT2D eigenvalue weighted by Crippen LogP contribution is -1.89. The van der Waals surface area contributed by atoms with Gasteiger partial charge in [0.15, 0.2) is 4.34 Å². The highest BCUT2D eigenvalue weighted by Gasteiger charge is 2.07. The van der Waals surface area contributed by atoms with Crippen LogP contribution in [-0.4, -0.2) is 20.2 Å². The maximum atomic E-state index is 5.78. The van der Waals surface area contributed by atoms with Gasteiger partial charge in [0.25, 0.3) is 0 Å². The molecule has 3 rings (SSSR count). The van der Waals surface area contributed by atoms with E-state index in [0.717, 1.165) is 20.3 Å². The van der Waals surface area contributed by atoms with Crippen molar-refractivity contribution < 1.29 is 0 Å². The van der Waals surface area contributed by atoms with Crippen LogP contribution in [0, 0.1) is 0 Å². The van der Waals surface area contributed by atoms with Gasteiger partial charge in [-0.05, 0) is 30.0 Å². The highest BCUT2D eigenvalue weighted by Crippen LogP contribution is 2.32. The molecule has 0 bridgehead atoms. The number of benzene rings is 1. The average molecular weight is 261 g/mol. The molecule has 5 nitrogen and oxygen atoms in total. The van der Waals surface area contributed by atoms with Crippen LogP contribution in [0.5, 0.6) is 0 Å². The van der Waals surface area contributed by atoms with Gasteiger partial charge in [-0.2, -0.15) is 0 Å². The zero-order valence-electron chi connectivity index (χ0n) is 8.57. The van der Waals surface area contributed by atoms with Crippen molar-refractivity contribution in [3.8, 4) is 0 Å². The molecule has 0 aliphatic rings. The van der Waals surface area contributed by atoms with E-state index in [1.807, 2.05) is 18.2 Å². The fourth-order valence-corrected chi connectivity index (χ4v) is 2.89. The van der Waals surface area contributed by atoms with E-state index in [2.05, 4.69) is 20.2 Å². The van der Waals surface area contributed by atoms with Gasteiger partial charge in [-0.25, -0.2) is 9.97 Å². The van der Waals surface area contributed by atoms with Crippen molar-refractivity contribution in [1.29, 1.82) is 0 Å². The largest absolute Gasteiger partial charge is 0.399 e. The number of anilines is 1. The molecule has 2 heterocycles. The summed E-state index contributed by atoms with van der Waals surface area (Å²) in [4.78, 5) is 8.46. The molecule has 3 aromatic rings. The molecule has 0 unspecified atom stereocenters. The minimum absolute atomic E-state index is 0.700. The lowest BCUT2D eigenvalue weighted by molar-refractivity contribution is 1.01. The summed E-state index contributed by atoms with van der Waals surface area (Å²) >= 11 is 2.95. The minimum atomic E-state index is 0.700. The van der Waals surface area contributed by atoms with E-state index < -0.39 is 0 Å². The van der Waals surface area contributed by atoms with Gasteiger partial charge in [-0.15, -0.1) is 10.2 Å². The number of nitrogens with two attached hydrogens (primary N) is 1. The van der Waals surface area contributed by atoms with Gasteiger partial charge < -0.3 is 5.73 Å². The van der Waals surface area contributed by atoms with Crippen molar-refractivity contribution >= 4 is 39.7 Å². The highest BCUT2D eigenvalue weighted by atomic mass is 32.2. The summed E-state index contributed by atoms with van der Waals surface area (Å²) in [7, 11) is 0.